The molecule has 2 aliphatic heterocycles. The molecule has 0 radical (unpaired) electrons. The van der Waals surface area contributed by atoms with Crippen molar-refractivity contribution in [2.24, 2.45) is 10.6 Å². The van der Waals surface area contributed by atoms with Crippen molar-refractivity contribution in [3.63, 3.8) is 0 Å². The molecule has 3 heterocycles. The summed E-state index contributed by atoms with van der Waals surface area (Å²) in [5.74, 6) is 0.132. The zero-order chi connectivity index (χ0) is 22.2. The molecule has 1 saturated heterocycles. The van der Waals surface area contributed by atoms with E-state index >= 15 is 0 Å². The molecule has 1 amide bonds. The maximum atomic E-state index is 12.6. The molecule has 0 bridgehead atoms. The lowest BCUT2D eigenvalue weighted by molar-refractivity contribution is 0.0525. The zero-order valence-electron chi connectivity index (χ0n) is 17.9. The Kier molecular flexibility index (Phi) is 5.83. The first-order valence-electron chi connectivity index (χ1n) is 10.5. The number of hydrogen-bond acceptors (Lipinski definition) is 6. The van der Waals surface area contributed by atoms with Crippen molar-refractivity contribution < 1.29 is 19.5 Å². The van der Waals surface area contributed by atoms with E-state index in [0.29, 0.717) is 24.2 Å². The summed E-state index contributed by atoms with van der Waals surface area (Å²) in [6, 6.07) is 9.03. The van der Waals surface area contributed by atoms with Crippen LogP contribution in [-0.2, 0) is 4.84 Å². The first kappa shape index (κ1) is 21.5. The topological polar surface area (TPSA) is 92.1 Å². The molecule has 8 heteroatoms. The van der Waals surface area contributed by atoms with E-state index < -0.39 is 12.2 Å². The fourth-order valence-corrected chi connectivity index (χ4v) is 5.28. The van der Waals surface area contributed by atoms with Gasteiger partial charge in [0.2, 0.25) is 5.78 Å². The summed E-state index contributed by atoms with van der Waals surface area (Å²) in [7, 11) is 0. The van der Waals surface area contributed by atoms with Gasteiger partial charge < -0.3 is 14.8 Å². The Morgan fingerprint density at radius 2 is 1.97 bits per heavy atom. The number of amides is 1. The Bertz CT molecular complexity index is 996. The third-order valence-corrected chi connectivity index (χ3v) is 7.04. The number of thiazole rings is 1. The van der Waals surface area contributed by atoms with E-state index in [1.54, 1.807) is 28.4 Å². The Morgan fingerprint density at radius 1 is 1.23 bits per heavy atom. The van der Waals surface area contributed by atoms with Crippen LogP contribution in [0.25, 0.3) is 0 Å². The average Bonchev–Trinajstić information content (AvgIpc) is 3.42. The normalized spacial score (nSPS) is 23.9. The Hall–Kier alpha value is -2.74. The molecule has 3 unspecified atom stereocenters. The average molecular weight is 442 g/mol. The van der Waals surface area contributed by atoms with Crippen LogP contribution in [-0.4, -0.2) is 51.3 Å². The number of Topliss-reactive ketones (excluding diaryl/α,β-unsaturated/α-hetero) is 1. The molecule has 1 fully saturated rings. The van der Waals surface area contributed by atoms with E-state index in [1.807, 2.05) is 23.6 Å². The summed E-state index contributed by atoms with van der Waals surface area (Å²) >= 11 is 1.57. The summed E-state index contributed by atoms with van der Waals surface area (Å²) in [6.07, 6.45) is 0.431. The third-order valence-electron chi connectivity index (χ3n) is 6.03. The lowest BCUT2D eigenvalue weighted by Gasteiger charge is -2.44. The molecule has 3 atom stereocenters. The van der Waals surface area contributed by atoms with Gasteiger partial charge in [0, 0.05) is 35.9 Å². The Labute approximate surface area is 185 Å². The second kappa shape index (κ2) is 8.42. The number of carbonyl (C=O) groups is 2. The lowest BCUT2D eigenvalue weighted by Crippen LogP contribution is -2.51. The molecule has 1 N–H and O–H groups in total. The summed E-state index contributed by atoms with van der Waals surface area (Å²) < 4.78 is 0. The number of carboxylic acid groups (broad SMARTS) is 1. The van der Waals surface area contributed by atoms with Crippen LogP contribution in [0.5, 0.6) is 0 Å². The molecule has 0 aliphatic carbocycles. The first-order valence-corrected chi connectivity index (χ1v) is 11.4. The third kappa shape index (κ3) is 4.49. The van der Waals surface area contributed by atoms with Crippen molar-refractivity contribution in [3.05, 3.63) is 52.0 Å². The van der Waals surface area contributed by atoms with Gasteiger partial charge in [0.05, 0.1) is 10.7 Å². The quantitative estimate of drug-likeness (QED) is 0.689. The standard InChI is InChI=1S/C23H27N3O4S/c1-23(2,3)19-11-15(9-10-26(19)22(28)29)21-24-17(13-31-21)16-12-18(30-25-16)20(27)14-7-5-4-6-8-14/h4-8,13,15,18-19H,9-12H2,1-3H3,(H,28,29). The molecule has 1 aromatic heterocycles. The maximum Gasteiger partial charge on any atom is 0.407 e. The van der Waals surface area contributed by atoms with E-state index in [-0.39, 0.29) is 23.2 Å². The summed E-state index contributed by atoms with van der Waals surface area (Å²) in [6.45, 7) is 6.75. The summed E-state index contributed by atoms with van der Waals surface area (Å²) in [4.78, 5) is 36.1. The van der Waals surface area contributed by atoms with Gasteiger partial charge in [-0.25, -0.2) is 9.78 Å². The van der Waals surface area contributed by atoms with E-state index in [9.17, 15) is 14.7 Å². The number of benzene rings is 1. The van der Waals surface area contributed by atoms with Crippen molar-refractivity contribution in [1.29, 1.82) is 0 Å². The molecule has 2 aliphatic rings. The number of aromatic nitrogens is 1. The second-order valence-electron chi connectivity index (χ2n) is 9.22. The monoisotopic (exact) mass is 441 g/mol. The minimum atomic E-state index is -0.857. The highest BCUT2D eigenvalue weighted by atomic mass is 32.1. The highest BCUT2D eigenvalue weighted by Gasteiger charge is 2.40. The zero-order valence-corrected chi connectivity index (χ0v) is 18.8. The molecule has 31 heavy (non-hydrogen) atoms. The van der Waals surface area contributed by atoms with Gasteiger partial charge >= 0.3 is 6.09 Å². The van der Waals surface area contributed by atoms with Crippen LogP contribution in [0, 0.1) is 5.41 Å². The van der Waals surface area contributed by atoms with Crippen LogP contribution in [0.4, 0.5) is 4.79 Å². The highest BCUT2D eigenvalue weighted by molar-refractivity contribution is 7.10. The van der Waals surface area contributed by atoms with Gasteiger partial charge in [-0.2, -0.15) is 0 Å². The van der Waals surface area contributed by atoms with Crippen LogP contribution in [0.15, 0.2) is 40.9 Å². The number of piperidine rings is 1. The van der Waals surface area contributed by atoms with Crippen molar-refractivity contribution in [2.45, 2.75) is 58.1 Å². The summed E-state index contributed by atoms with van der Waals surface area (Å²) in [5.41, 5.74) is 1.90. The number of oxime groups is 1. The fourth-order valence-electron chi connectivity index (χ4n) is 4.30. The molecule has 164 valence electrons. The van der Waals surface area contributed by atoms with Crippen molar-refractivity contribution >= 4 is 28.9 Å². The highest BCUT2D eigenvalue weighted by Crippen LogP contribution is 2.40. The smallest absolute Gasteiger partial charge is 0.407 e. The van der Waals surface area contributed by atoms with Gasteiger partial charge in [-0.3, -0.25) is 4.79 Å². The SMILES string of the molecule is CC(C)(C)C1CC(c2nc(C3=NOC(C(=O)c4ccccc4)C3)cs2)CCN1C(=O)O. The molecule has 2 aromatic rings. The first-order chi connectivity index (χ1) is 14.7. The number of rotatable bonds is 4. The number of nitrogens with zero attached hydrogens (tertiary/aromatic N) is 3. The van der Waals surface area contributed by atoms with E-state index in [4.69, 9.17) is 9.82 Å². The predicted molar refractivity (Wildman–Crippen MR) is 119 cm³/mol. The van der Waals surface area contributed by atoms with Crippen LogP contribution in [0.3, 0.4) is 0 Å². The predicted octanol–water partition coefficient (Wildman–Crippen LogP) is 4.79. The second-order valence-corrected chi connectivity index (χ2v) is 10.1. The fraction of sp³-hybridized carbons (Fsp3) is 0.478. The van der Waals surface area contributed by atoms with E-state index in [0.717, 1.165) is 23.5 Å². The molecule has 4 rings (SSSR count). The van der Waals surface area contributed by atoms with Crippen LogP contribution < -0.4 is 0 Å². The van der Waals surface area contributed by atoms with Crippen molar-refractivity contribution in [2.75, 3.05) is 6.54 Å². The number of carbonyl (C=O) groups excluding carboxylic acids is 1. The molecule has 7 nitrogen and oxygen atoms in total. The van der Waals surface area contributed by atoms with Gasteiger partial charge in [0.25, 0.3) is 0 Å². The Balaban J connectivity index is 1.44. The van der Waals surface area contributed by atoms with Crippen LogP contribution in [0.2, 0.25) is 0 Å². The van der Waals surface area contributed by atoms with Gasteiger partial charge in [-0.15, -0.1) is 11.3 Å². The van der Waals surface area contributed by atoms with Gasteiger partial charge in [0.15, 0.2) is 6.10 Å². The van der Waals surface area contributed by atoms with Crippen molar-refractivity contribution in [3.8, 4) is 0 Å². The minimum Gasteiger partial charge on any atom is -0.465 e. The Morgan fingerprint density at radius 3 is 2.65 bits per heavy atom. The maximum absolute atomic E-state index is 12.6. The van der Waals surface area contributed by atoms with Crippen LogP contribution in [0.1, 0.15) is 67.0 Å². The van der Waals surface area contributed by atoms with Crippen molar-refractivity contribution in [1.82, 2.24) is 9.88 Å². The largest absolute Gasteiger partial charge is 0.465 e. The minimum absolute atomic E-state index is 0.0591. The molecular weight excluding hydrogens is 414 g/mol. The molecular formula is C23H27N3O4S. The van der Waals surface area contributed by atoms with E-state index in [2.05, 4.69) is 25.9 Å². The van der Waals surface area contributed by atoms with Gasteiger partial charge in [0.1, 0.15) is 5.71 Å². The van der Waals surface area contributed by atoms with Crippen LogP contribution >= 0.6 is 11.3 Å². The molecule has 1 aromatic carbocycles. The molecule has 0 spiro atoms. The van der Waals surface area contributed by atoms with Gasteiger partial charge in [-0.05, 0) is 18.3 Å². The molecule has 0 saturated carbocycles. The van der Waals surface area contributed by atoms with E-state index in [1.165, 1.54) is 0 Å². The number of likely N-dealkylation sites (tertiary alicyclic amines) is 1. The van der Waals surface area contributed by atoms with Gasteiger partial charge in [-0.1, -0.05) is 56.3 Å². The summed E-state index contributed by atoms with van der Waals surface area (Å²) in [5, 5.41) is 16.7. The number of ketones is 1. The lowest BCUT2D eigenvalue weighted by atomic mass is 9.77. The number of hydrogen-bond donors (Lipinski definition) is 1.